The van der Waals surface area contributed by atoms with Crippen LogP contribution in [0.25, 0.3) is 10.4 Å². The zero-order valence-electron chi connectivity index (χ0n) is 19.3. The molecule has 180 valence electrons. The standard InChI is InChI=1S/C24H33N3O4S2/c1-15-10-11-18(13-21(15)33(30,31)27-19-8-5-9-20(28)14-19)23-16(2)25-24(32-23)26-22(29)12-17-6-3-4-7-17/h10-11,13,17,19-20,27-28H,3-9,12,14H2,1-2H3,(H,25,26,29). The van der Waals surface area contributed by atoms with Gasteiger partial charge in [0.2, 0.25) is 15.9 Å². The van der Waals surface area contributed by atoms with Crippen LogP contribution in [0.15, 0.2) is 23.1 Å². The van der Waals surface area contributed by atoms with Crippen molar-refractivity contribution in [3.8, 4) is 10.4 Å². The molecule has 1 heterocycles. The molecule has 2 fully saturated rings. The van der Waals surface area contributed by atoms with Gasteiger partial charge in [-0.15, -0.1) is 0 Å². The number of nitrogens with zero attached hydrogens (tertiary/aromatic N) is 1. The summed E-state index contributed by atoms with van der Waals surface area (Å²) >= 11 is 1.37. The Morgan fingerprint density at radius 1 is 1.15 bits per heavy atom. The van der Waals surface area contributed by atoms with Crippen LogP contribution in [0, 0.1) is 19.8 Å². The number of aliphatic hydroxyl groups is 1. The molecule has 1 amide bonds. The maximum absolute atomic E-state index is 13.1. The highest BCUT2D eigenvalue weighted by molar-refractivity contribution is 7.89. The number of aromatic nitrogens is 1. The average molecular weight is 492 g/mol. The Morgan fingerprint density at radius 3 is 2.64 bits per heavy atom. The van der Waals surface area contributed by atoms with Crippen LogP contribution in [0.3, 0.4) is 0 Å². The fourth-order valence-corrected chi connectivity index (χ4v) is 7.48. The number of rotatable bonds is 7. The molecule has 7 nitrogen and oxygen atoms in total. The third kappa shape index (κ3) is 6.01. The van der Waals surface area contributed by atoms with Gasteiger partial charge < -0.3 is 10.4 Å². The Bertz CT molecular complexity index is 1110. The van der Waals surface area contributed by atoms with Crippen LogP contribution in [0.5, 0.6) is 0 Å². The Labute approximate surface area is 200 Å². The van der Waals surface area contributed by atoms with Crippen LogP contribution in [0.2, 0.25) is 0 Å². The molecule has 2 saturated carbocycles. The van der Waals surface area contributed by atoms with Crippen molar-refractivity contribution in [2.75, 3.05) is 5.32 Å². The number of aliphatic hydroxyl groups excluding tert-OH is 1. The van der Waals surface area contributed by atoms with E-state index in [1.165, 1.54) is 24.2 Å². The molecule has 0 spiro atoms. The summed E-state index contributed by atoms with van der Waals surface area (Å²) in [7, 11) is -3.73. The molecule has 1 aromatic carbocycles. The highest BCUT2D eigenvalue weighted by Crippen LogP contribution is 2.35. The van der Waals surface area contributed by atoms with E-state index in [1.54, 1.807) is 19.1 Å². The van der Waals surface area contributed by atoms with E-state index >= 15 is 0 Å². The predicted molar refractivity (Wildman–Crippen MR) is 131 cm³/mol. The van der Waals surface area contributed by atoms with Gasteiger partial charge >= 0.3 is 0 Å². The predicted octanol–water partition coefficient (Wildman–Crippen LogP) is 4.53. The summed E-state index contributed by atoms with van der Waals surface area (Å²) < 4.78 is 29.1. The monoisotopic (exact) mass is 491 g/mol. The largest absolute Gasteiger partial charge is 0.393 e. The number of benzene rings is 1. The Hall–Kier alpha value is -1.81. The second-order valence-corrected chi connectivity index (χ2v) is 12.1. The van der Waals surface area contributed by atoms with Crippen molar-refractivity contribution < 1.29 is 18.3 Å². The molecule has 33 heavy (non-hydrogen) atoms. The minimum atomic E-state index is -3.73. The molecule has 1 aromatic heterocycles. The summed E-state index contributed by atoms with van der Waals surface area (Å²) in [6.07, 6.45) is 7.40. The van der Waals surface area contributed by atoms with Crippen LogP contribution >= 0.6 is 11.3 Å². The maximum atomic E-state index is 13.1. The number of carbonyl (C=O) groups excluding carboxylic acids is 1. The number of aryl methyl sites for hydroxylation is 2. The van der Waals surface area contributed by atoms with Gasteiger partial charge in [-0.05, 0) is 75.5 Å². The van der Waals surface area contributed by atoms with Crippen molar-refractivity contribution in [2.45, 2.75) is 88.7 Å². The summed E-state index contributed by atoms with van der Waals surface area (Å²) in [6.45, 7) is 3.65. The van der Waals surface area contributed by atoms with Gasteiger partial charge in [-0.3, -0.25) is 4.79 Å². The van der Waals surface area contributed by atoms with Gasteiger partial charge in [0.15, 0.2) is 5.13 Å². The number of anilines is 1. The summed E-state index contributed by atoms with van der Waals surface area (Å²) in [5.74, 6) is 0.460. The van der Waals surface area contributed by atoms with Gasteiger partial charge in [0, 0.05) is 12.5 Å². The summed E-state index contributed by atoms with van der Waals surface area (Å²) in [5.41, 5.74) is 2.18. The minimum absolute atomic E-state index is 0.00626. The van der Waals surface area contributed by atoms with E-state index in [2.05, 4.69) is 15.0 Å². The van der Waals surface area contributed by atoms with Crippen LogP contribution in [-0.2, 0) is 14.8 Å². The fraction of sp³-hybridized carbons (Fsp3) is 0.583. The molecule has 2 aromatic rings. The third-order valence-corrected chi connectivity index (χ3v) is 9.48. The second-order valence-electron chi connectivity index (χ2n) is 9.46. The summed E-state index contributed by atoms with van der Waals surface area (Å²) in [4.78, 5) is 18.0. The zero-order valence-corrected chi connectivity index (χ0v) is 20.9. The Morgan fingerprint density at radius 2 is 1.91 bits per heavy atom. The number of nitrogens with one attached hydrogen (secondary N) is 2. The van der Waals surface area contributed by atoms with Crippen LogP contribution in [0.1, 0.15) is 69.0 Å². The SMILES string of the molecule is Cc1ccc(-c2sc(NC(=O)CC3CCCC3)nc2C)cc1S(=O)(=O)NC1CCCC(O)C1. The molecule has 2 atom stereocenters. The quantitative estimate of drug-likeness (QED) is 0.527. The first-order valence-corrected chi connectivity index (χ1v) is 14.1. The number of amides is 1. The van der Waals surface area contributed by atoms with Gasteiger partial charge in [0.25, 0.3) is 0 Å². The van der Waals surface area contributed by atoms with E-state index < -0.39 is 16.1 Å². The molecule has 0 bridgehead atoms. The number of carbonyl (C=O) groups is 1. The van der Waals surface area contributed by atoms with E-state index in [0.717, 1.165) is 48.2 Å². The molecule has 0 radical (unpaired) electrons. The molecule has 2 aliphatic rings. The van der Waals surface area contributed by atoms with E-state index in [-0.39, 0.29) is 16.8 Å². The smallest absolute Gasteiger partial charge is 0.241 e. The van der Waals surface area contributed by atoms with E-state index in [1.807, 2.05) is 13.0 Å². The summed E-state index contributed by atoms with van der Waals surface area (Å²) in [5, 5.41) is 13.4. The van der Waals surface area contributed by atoms with Crippen molar-refractivity contribution in [3.05, 3.63) is 29.5 Å². The molecular weight excluding hydrogens is 458 g/mol. The van der Waals surface area contributed by atoms with Gasteiger partial charge in [-0.25, -0.2) is 18.1 Å². The molecule has 2 aliphatic carbocycles. The Balaban J connectivity index is 1.51. The van der Waals surface area contributed by atoms with Crippen molar-refractivity contribution in [1.29, 1.82) is 0 Å². The molecule has 4 rings (SSSR count). The molecule has 9 heteroatoms. The first-order chi connectivity index (χ1) is 15.7. The summed E-state index contributed by atoms with van der Waals surface area (Å²) in [6, 6.07) is 5.12. The molecule has 2 unspecified atom stereocenters. The Kier molecular flexibility index (Phi) is 7.53. The number of hydrogen-bond acceptors (Lipinski definition) is 6. The lowest BCUT2D eigenvalue weighted by molar-refractivity contribution is -0.117. The van der Waals surface area contributed by atoms with Crippen LogP contribution < -0.4 is 10.0 Å². The van der Waals surface area contributed by atoms with Crippen molar-refractivity contribution in [3.63, 3.8) is 0 Å². The van der Waals surface area contributed by atoms with Gasteiger partial charge in [0.05, 0.1) is 21.6 Å². The van der Waals surface area contributed by atoms with Crippen LogP contribution in [0.4, 0.5) is 5.13 Å². The van der Waals surface area contributed by atoms with Crippen molar-refractivity contribution in [1.82, 2.24) is 9.71 Å². The lowest BCUT2D eigenvalue weighted by Crippen LogP contribution is -2.39. The lowest BCUT2D eigenvalue weighted by Gasteiger charge is -2.26. The lowest BCUT2D eigenvalue weighted by atomic mass is 9.94. The van der Waals surface area contributed by atoms with Gasteiger partial charge in [-0.1, -0.05) is 36.3 Å². The van der Waals surface area contributed by atoms with E-state index in [9.17, 15) is 18.3 Å². The van der Waals surface area contributed by atoms with E-state index in [0.29, 0.717) is 29.5 Å². The van der Waals surface area contributed by atoms with Gasteiger partial charge in [0.1, 0.15) is 0 Å². The molecule has 0 aliphatic heterocycles. The normalized spacial score (nSPS) is 21.9. The van der Waals surface area contributed by atoms with Crippen molar-refractivity contribution in [2.24, 2.45) is 5.92 Å². The third-order valence-electron chi connectivity index (χ3n) is 6.70. The first-order valence-electron chi connectivity index (χ1n) is 11.8. The highest BCUT2D eigenvalue weighted by Gasteiger charge is 2.27. The molecule has 3 N–H and O–H groups in total. The van der Waals surface area contributed by atoms with Crippen LogP contribution in [-0.4, -0.2) is 36.6 Å². The average Bonchev–Trinajstić information content (AvgIpc) is 3.37. The minimum Gasteiger partial charge on any atom is -0.393 e. The number of hydrogen-bond donors (Lipinski definition) is 3. The highest BCUT2D eigenvalue weighted by atomic mass is 32.2. The molecular formula is C24H33N3O4S2. The number of thiazole rings is 1. The fourth-order valence-electron chi connectivity index (χ4n) is 4.95. The first kappa shape index (κ1) is 24.3. The van der Waals surface area contributed by atoms with E-state index in [4.69, 9.17) is 0 Å². The number of sulfonamides is 1. The maximum Gasteiger partial charge on any atom is 0.241 e. The van der Waals surface area contributed by atoms with Gasteiger partial charge in [-0.2, -0.15) is 0 Å². The topological polar surface area (TPSA) is 108 Å². The molecule has 0 saturated heterocycles. The van der Waals surface area contributed by atoms with Crippen molar-refractivity contribution >= 4 is 32.4 Å². The second kappa shape index (κ2) is 10.2. The zero-order chi connectivity index (χ0) is 23.6.